The molecule has 18 heavy (non-hydrogen) atoms. The summed E-state index contributed by atoms with van der Waals surface area (Å²) in [6.45, 7) is -0.408. The lowest BCUT2D eigenvalue weighted by Gasteiger charge is -2.27. The number of hydrogen-bond acceptors (Lipinski definition) is 8. The first-order chi connectivity index (χ1) is 8.46. The predicted molar refractivity (Wildman–Crippen MR) is 59.6 cm³/mol. The van der Waals surface area contributed by atoms with Gasteiger partial charge in [0.25, 0.3) is 0 Å². The summed E-state index contributed by atoms with van der Waals surface area (Å²) in [5.74, 6) is 0. The molecule has 8 heteroatoms. The SMILES string of the molecule is CC(OCC(O)CO)OC(CO)[C@@H](O)C(O)CO. The average molecular weight is 270 g/mol. The van der Waals surface area contributed by atoms with Crippen LogP contribution in [0.15, 0.2) is 0 Å². The quantitative estimate of drug-likeness (QED) is 0.228. The molecule has 0 aromatic rings. The van der Waals surface area contributed by atoms with Gasteiger partial charge in [-0.15, -0.1) is 0 Å². The molecule has 110 valence electrons. The second-order valence-electron chi connectivity index (χ2n) is 3.83. The fourth-order valence-electron chi connectivity index (χ4n) is 1.17. The van der Waals surface area contributed by atoms with E-state index in [-0.39, 0.29) is 6.61 Å². The predicted octanol–water partition coefficient (Wildman–Crippen LogP) is -3.21. The molecule has 4 unspecified atom stereocenters. The van der Waals surface area contributed by atoms with Gasteiger partial charge in [0.1, 0.15) is 24.4 Å². The maximum Gasteiger partial charge on any atom is 0.155 e. The van der Waals surface area contributed by atoms with Crippen LogP contribution in [0.1, 0.15) is 6.92 Å². The number of rotatable bonds is 10. The van der Waals surface area contributed by atoms with Gasteiger partial charge in [0.05, 0.1) is 26.4 Å². The molecule has 0 radical (unpaired) electrons. The van der Waals surface area contributed by atoms with Crippen LogP contribution < -0.4 is 0 Å². The minimum Gasteiger partial charge on any atom is -0.394 e. The lowest BCUT2D eigenvalue weighted by atomic mass is 10.1. The summed E-state index contributed by atoms with van der Waals surface area (Å²) in [5, 5.41) is 53.9. The molecule has 0 aliphatic rings. The third-order valence-electron chi connectivity index (χ3n) is 2.24. The lowest BCUT2D eigenvalue weighted by Crippen LogP contribution is -2.45. The summed E-state index contributed by atoms with van der Waals surface area (Å²) in [4.78, 5) is 0. The molecule has 5 atom stereocenters. The summed E-state index contributed by atoms with van der Waals surface area (Å²) in [6, 6.07) is 0. The molecule has 0 saturated carbocycles. The van der Waals surface area contributed by atoms with Crippen molar-refractivity contribution in [2.75, 3.05) is 26.4 Å². The van der Waals surface area contributed by atoms with Gasteiger partial charge in [-0.1, -0.05) is 0 Å². The van der Waals surface area contributed by atoms with Crippen molar-refractivity contribution >= 4 is 0 Å². The number of hydrogen-bond donors (Lipinski definition) is 6. The minimum atomic E-state index is -1.46. The monoisotopic (exact) mass is 270 g/mol. The maximum atomic E-state index is 9.51. The van der Waals surface area contributed by atoms with E-state index in [1.807, 2.05) is 0 Å². The van der Waals surface area contributed by atoms with Crippen molar-refractivity contribution < 1.29 is 40.1 Å². The van der Waals surface area contributed by atoms with Gasteiger partial charge >= 0.3 is 0 Å². The molecule has 0 aromatic heterocycles. The highest BCUT2D eigenvalue weighted by atomic mass is 16.7. The van der Waals surface area contributed by atoms with E-state index in [4.69, 9.17) is 29.9 Å². The van der Waals surface area contributed by atoms with Crippen LogP contribution in [0.2, 0.25) is 0 Å². The Morgan fingerprint density at radius 1 is 0.944 bits per heavy atom. The van der Waals surface area contributed by atoms with Crippen molar-refractivity contribution in [1.82, 2.24) is 0 Å². The fraction of sp³-hybridized carbons (Fsp3) is 1.00. The van der Waals surface area contributed by atoms with Crippen molar-refractivity contribution in [3.05, 3.63) is 0 Å². The summed E-state index contributed by atoms with van der Waals surface area (Å²) >= 11 is 0. The summed E-state index contributed by atoms with van der Waals surface area (Å²) in [7, 11) is 0. The van der Waals surface area contributed by atoms with Crippen LogP contribution in [0, 0.1) is 0 Å². The van der Waals surface area contributed by atoms with E-state index in [0.29, 0.717) is 0 Å². The Morgan fingerprint density at radius 2 is 1.56 bits per heavy atom. The molecule has 0 saturated heterocycles. The Morgan fingerprint density at radius 3 is 2.00 bits per heavy atom. The van der Waals surface area contributed by atoms with Crippen LogP contribution in [0.5, 0.6) is 0 Å². The molecule has 0 aliphatic heterocycles. The van der Waals surface area contributed by atoms with Crippen LogP contribution in [-0.2, 0) is 9.47 Å². The fourth-order valence-corrected chi connectivity index (χ4v) is 1.17. The van der Waals surface area contributed by atoms with Crippen LogP contribution in [-0.4, -0.2) is 87.8 Å². The molecule has 0 aromatic carbocycles. The Kier molecular flexibility index (Phi) is 9.42. The molecule has 6 N–H and O–H groups in total. The second-order valence-corrected chi connectivity index (χ2v) is 3.83. The molecule has 8 nitrogen and oxygen atoms in total. The zero-order chi connectivity index (χ0) is 14.1. The number of aliphatic hydroxyl groups excluding tert-OH is 6. The van der Waals surface area contributed by atoms with E-state index in [9.17, 15) is 10.2 Å². The first kappa shape index (κ1) is 17.7. The first-order valence-electron chi connectivity index (χ1n) is 5.60. The highest BCUT2D eigenvalue weighted by Crippen LogP contribution is 2.08. The van der Waals surface area contributed by atoms with Gasteiger partial charge in [0, 0.05) is 0 Å². The third-order valence-corrected chi connectivity index (χ3v) is 2.24. The zero-order valence-corrected chi connectivity index (χ0v) is 10.2. The summed E-state index contributed by atoms with van der Waals surface area (Å²) in [5.41, 5.74) is 0. The smallest absolute Gasteiger partial charge is 0.155 e. The van der Waals surface area contributed by atoms with E-state index < -0.39 is 50.5 Å². The van der Waals surface area contributed by atoms with E-state index in [0.717, 1.165) is 0 Å². The Bertz CT molecular complexity index is 202. The molecule has 0 spiro atoms. The standard InChI is InChI=1S/C10H22O8/c1-6(17-5-7(14)2-11)18-9(4-13)10(16)8(15)3-12/h6-16H,2-5H2,1H3/t6?,7?,8?,9?,10-/m0/s1. The van der Waals surface area contributed by atoms with Crippen molar-refractivity contribution in [1.29, 1.82) is 0 Å². The topological polar surface area (TPSA) is 140 Å². The van der Waals surface area contributed by atoms with E-state index in [1.54, 1.807) is 0 Å². The first-order valence-corrected chi connectivity index (χ1v) is 5.60. The molecular formula is C10H22O8. The van der Waals surface area contributed by atoms with Crippen molar-refractivity contribution in [3.8, 4) is 0 Å². The van der Waals surface area contributed by atoms with Crippen LogP contribution >= 0.6 is 0 Å². The Hall–Kier alpha value is -0.320. The normalized spacial score (nSPS) is 20.2. The zero-order valence-electron chi connectivity index (χ0n) is 10.2. The lowest BCUT2D eigenvalue weighted by molar-refractivity contribution is -0.213. The summed E-state index contributed by atoms with van der Waals surface area (Å²) in [6.07, 6.45) is -5.94. The molecular weight excluding hydrogens is 248 g/mol. The molecule has 0 amide bonds. The Balaban J connectivity index is 4.11. The van der Waals surface area contributed by atoms with Gasteiger partial charge in [-0.2, -0.15) is 0 Å². The second kappa shape index (κ2) is 9.59. The van der Waals surface area contributed by atoms with E-state index in [2.05, 4.69) is 0 Å². The highest BCUT2D eigenvalue weighted by Gasteiger charge is 2.28. The molecule has 0 fully saturated rings. The molecule has 0 bridgehead atoms. The van der Waals surface area contributed by atoms with Gasteiger partial charge in [0.2, 0.25) is 0 Å². The van der Waals surface area contributed by atoms with E-state index >= 15 is 0 Å². The van der Waals surface area contributed by atoms with Crippen LogP contribution in [0.3, 0.4) is 0 Å². The molecule has 0 rings (SSSR count). The van der Waals surface area contributed by atoms with Gasteiger partial charge in [-0.25, -0.2) is 0 Å². The third kappa shape index (κ3) is 6.57. The minimum absolute atomic E-state index is 0.172. The van der Waals surface area contributed by atoms with Crippen LogP contribution in [0.25, 0.3) is 0 Å². The number of aliphatic hydroxyl groups is 6. The van der Waals surface area contributed by atoms with Crippen molar-refractivity contribution in [2.24, 2.45) is 0 Å². The van der Waals surface area contributed by atoms with Gasteiger partial charge < -0.3 is 40.1 Å². The molecule has 0 aliphatic carbocycles. The van der Waals surface area contributed by atoms with Crippen molar-refractivity contribution in [3.63, 3.8) is 0 Å². The van der Waals surface area contributed by atoms with Gasteiger partial charge in [-0.05, 0) is 6.92 Å². The van der Waals surface area contributed by atoms with Crippen molar-refractivity contribution in [2.45, 2.75) is 37.6 Å². The van der Waals surface area contributed by atoms with Crippen LogP contribution in [0.4, 0.5) is 0 Å². The summed E-state index contributed by atoms with van der Waals surface area (Å²) < 4.78 is 10.1. The average Bonchev–Trinajstić information content (AvgIpc) is 2.40. The van der Waals surface area contributed by atoms with Gasteiger partial charge in [-0.3, -0.25) is 0 Å². The highest BCUT2D eigenvalue weighted by molar-refractivity contribution is 4.75. The molecule has 0 heterocycles. The number of ether oxygens (including phenoxy) is 2. The van der Waals surface area contributed by atoms with E-state index in [1.165, 1.54) is 6.92 Å². The maximum absolute atomic E-state index is 9.51. The van der Waals surface area contributed by atoms with Gasteiger partial charge in [0.15, 0.2) is 6.29 Å². The largest absolute Gasteiger partial charge is 0.394 e. The Labute approximate surface area is 105 Å².